The van der Waals surface area contributed by atoms with Crippen molar-refractivity contribution in [3.63, 3.8) is 0 Å². The summed E-state index contributed by atoms with van der Waals surface area (Å²) in [7, 11) is 1.54. The molecule has 0 heterocycles. The van der Waals surface area contributed by atoms with Crippen molar-refractivity contribution in [3.8, 4) is 11.5 Å². The normalized spacial score (nSPS) is 11.0. The van der Waals surface area contributed by atoms with E-state index in [4.69, 9.17) is 28.6 Å². The monoisotopic (exact) mass is 411 g/mol. The van der Waals surface area contributed by atoms with Gasteiger partial charge in [0.15, 0.2) is 5.11 Å². The van der Waals surface area contributed by atoms with Gasteiger partial charge in [-0.1, -0.05) is 41.9 Å². The third-order valence-electron chi connectivity index (χ3n) is 3.88. The van der Waals surface area contributed by atoms with Crippen molar-refractivity contribution in [2.45, 2.75) is 0 Å². The number of hydrogen-bond acceptors (Lipinski definition) is 4. The molecule has 7 heteroatoms. The summed E-state index contributed by atoms with van der Waals surface area (Å²) in [5, 5.41) is 18.8. The first-order chi connectivity index (χ1) is 13.6. The highest BCUT2D eigenvalue weighted by Gasteiger charge is 2.13. The summed E-state index contributed by atoms with van der Waals surface area (Å²) >= 11 is 11.2. The Labute approximate surface area is 173 Å². The summed E-state index contributed by atoms with van der Waals surface area (Å²) < 4.78 is 5.15. The van der Waals surface area contributed by atoms with Gasteiger partial charge in [-0.2, -0.15) is 5.10 Å². The maximum absolute atomic E-state index is 10.4. The van der Waals surface area contributed by atoms with Gasteiger partial charge < -0.3 is 15.2 Å². The lowest BCUT2D eigenvalue weighted by Gasteiger charge is -2.12. The third-order valence-corrected chi connectivity index (χ3v) is 4.32. The van der Waals surface area contributed by atoms with E-state index in [0.29, 0.717) is 27.2 Å². The summed E-state index contributed by atoms with van der Waals surface area (Å²) in [5.74, 6) is 0.613. The molecule has 3 aromatic carbocycles. The van der Waals surface area contributed by atoms with Gasteiger partial charge in [-0.3, -0.25) is 5.43 Å². The van der Waals surface area contributed by atoms with Crippen LogP contribution < -0.4 is 15.5 Å². The molecule has 142 valence electrons. The van der Waals surface area contributed by atoms with E-state index in [2.05, 4.69) is 15.8 Å². The summed E-state index contributed by atoms with van der Waals surface area (Å²) in [6, 6.07) is 21.7. The highest BCUT2D eigenvalue weighted by atomic mass is 35.5. The van der Waals surface area contributed by atoms with Crippen LogP contribution in [0.5, 0.6) is 11.5 Å². The molecule has 3 rings (SSSR count). The fourth-order valence-electron chi connectivity index (χ4n) is 2.51. The van der Waals surface area contributed by atoms with Crippen LogP contribution in [0.4, 0.5) is 5.69 Å². The zero-order valence-electron chi connectivity index (χ0n) is 15.0. The number of aromatic hydroxyl groups is 1. The van der Waals surface area contributed by atoms with Gasteiger partial charge in [0.25, 0.3) is 0 Å². The summed E-state index contributed by atoms with van der Waals surface area (Å²) in [6.45, 7) is 0. The Morgan fingerprint density at radius 1 is 1.04 bits per heavy atom. The average Bonchev–Trinajstić information content (AvgIpc) is 2.71. The van der Waals surface area contributed by atoms with Crippen LogP contribution in [-0.2, 0) is 0 Å². The molecule has 0 aliphatic heterocycles. The van der Waals surface area contributed by atoms with Crippen molar-refractivity contribution < 1.29 is 9.84 Å². The van der Waals surface area contributed by atoms with Gasteiger partial charge in [-0.15, -0.1) is 0 Å². The Kier molecular flexibility index (Phi) is 6.47. The van der Waals surface area contributed by atoms with Gasteiger partial charge in [0.2, 0.25) is 0 Å². The van der Waals surface area contributed by atoms with Gasteiger partial charge in [0, 0.05) is 27.9 Å². The Balaban J connectivity index is 1.87. The highest BCUT2D eigenvalue weighted by Crippen LogP contribution is 2.26. The first kappa shape index (κ1) is 19.7. The minimum Gasteiger partial charge on any atom is -0.507 e. The molecule has 0 spiro atoms. The molecule has 0 aromatic heterocycles. The zero-order valence-corrected chi connectivity index (χ0v) is 16.6. The number of phenolic OH excluding ortho intramolecular Hbond substituents is 1. The van der Waals surface area contributed by atoms with Crippen LogP contribution in [0.25, 0.3) is 0 Å². The Morgan fingerprint density at radius 3 is 2.39 bits per heavy atom. The number of ether oxygens (including phenoxy) is 1. The molecule has 0 saturated heterocycles. The van der Waals surface area contributed by atoms with Crippen LogP contribution in [0.15, 0.2) is 77.9 Å². The number of hydrogen-bond donors (Lipinski definition) is 3. The zero-order chi connectivity index (χ0) is 19.9. The largest absolute Gasteiger partial charge is 0.507 e. The highest BCUT2D eigenvalue weighted by molar-refractivity contribution is 7.80. The molecule has 0 saturated carbocycles. The Morgan fingerprint density at radius 2 is 1.75 bits per heavy atom. The lowest BCUT2D eigenvalue weighted by Crippen LogP contribution is -2.25. The van der Waals surface area contributed by atoms with Crippen molar-refractivity contribution in [2.75, 3.05) is 12.4 Å². The van der Waals surface area contributed by atoms with E-state index in [1.807, 2.05) is 42.5 Å². The van der Waals surface area contributed by atoms with Crippen LogP contribution in [0, 0.1) is 0 Å². The van der Waals surface area contributed by atoms with E-state index >= 15 is 0 Å². The van der Waals surface area contributed by atoms with E-state index in [1.165, 1.54) is 6.07 Å². The van der Waals surface area contributed by atoms with Crippen LogP contribution in [0.2, 0.25) is 5.02 Å². The van der Waals surface area contributed by atoms with Crippen LogP contribution in [0.1, 0.15) is 11.1 Å². The number of rotatable bonds is 5. The molecule has 0 fully saturated rings. The minimum absolute atomic E-state index is 0.0559. The SMILES string of the molecule is COc1ccc(/C(=N/NC(=S)Nc2ccc(Cl)cc2)c2ccccc2)c(O)c1. The average molecular weight is 412 g/mol. The molecule has 0 atom stereocenters. The number of nitrogens with zero attached hydrogens (tertiary/aromatic N) is 1. The van der Waals surface area contributed by atoms with Gasteiger partial charge in [0.1, 0.15) is 17.2 Å². The Bertz CT molecular complexity index is 992. The Hall–Kier alpha value is -3.09. The van der Waals surface area contributed by atoms with Gasteiger partial charge in [-0.05, 0) is 48.6 Å². The van der Waals surface area contributed by atoms with E-state index in [-0.39, 0.29) is 5.75 Å². The van der Waals surface area contributed by atoms with Crippen molar-refractivity contribution in [2.24, 2.45) is 5.10 Å². The summed E-state index contributed by atoms with van der Waals surface area (Å²) in [6.07, 6.45) is 0. The number of phenols is 1. The van der Waals surface area contributed by atoms with Crippen LogP contribution in [0.3, 0.4) is 0 Å². The molecule has 28 heavy (non-hydrogen) atoms. The maximum atomic E-state index is 10.4. The standard InChI is InChI=1S/C21H18ClN3O2S/c1-27-17-11-12-18(19(26)13-17)20(14-5-3-2-4-6-14)24-25-21(28)23-16-9-7-15(22)8-10-16/h2-13,26H,1H3,(H2,23,25,28)/b24-20+. The number of halogens is 1. The van der Waals surface area contributed by atoms with Crippen molar-refractivity contribution in [1.82, 2.24) is 5.43 Å². The van der Waals surface area contributed by atoms with Gasteiger partial charge in [-0.25, -0.2) is 0 Å². The second-order valence-electron chi connectivity index (χ2n) is 5.78. The molecule has 3 aromatic rings. The second kappa shape index (κ2) is 9.21. The fraction of sp³-hybridized carbons (Fsp3) is 0.0476. The second-order valence-corrected chi connectivity index (χ2v) is 6.63. The van der Waals surface area contributed by atoms with Crippen molar-refractivity contribution in [1.29, 1.82) is 0 Å². The smallest absolute Gasteiger partial charge is 0.191 e. The third kappa shape index (κ3) is 5.00. The molecule has 0 unspecified atom stereocenters. The predicted octanol–water partition coefficient (Wildman–Crippen LogP) is 4.79. The van der Waals surface area contributed by atoms with Gasteiger partial charge >= 0.3 is 0 Å². The predicted molar refractivity (Wildman–Crippen MR) is 118 cm³/mol. The van der Waals surface area contributed by atoms with Crippen LogP contribution >= 0.6 is 23.8 Å². The first-order valence-corrected chi connectivity index (χ1v) is 9.18. The number of thiocarbonyl (C=S) groups is 1. The molecular formula is C21H18ClN3O2S. The number of nitrogens with one attached hydrogen (secondary N) is 2. The molecule has 0 bridgehead atoms. The molecule has 0 aliphatic carbocycles. The van der Waals surface area contributed by atoms with E-state index in [1.54, 1.807) is 31.4 Å². The maximum Gasteiger partial charge on any atom is 0.191 e. The molecule has 0 amide bonds. The van der Waals surface area contributed by atoms with E-state index in [9.17, 15) is 5.11 Å². The lowest BCUT2D eigenvalue weighted by atomic mass is 10.0. The molecule has 5 nitrogen and oxygen atoms in total. The van der Waals surface area contributed by atoms with Crippen molar-refractivity contribution in [3.05, 3.63) is 88.9 Å². The fourth-order valence-corrected chi connectivity index (χ4v) is 2.80. The lowest BCUT2D eigenvalue weighted by molar-refractivity contribution is 0.407. The molecule has 0 radical (unpaired) electrons. The van der Waals surface area contributed by atoms with Gasteiger partial charge in [0.05, 0.1) is 7.11 Å². The van der Waals surface area contributed by atoms with E-state index in [0.717, 1.165) is 11.3 Å². The number of benzene rings is 3. The van der Waals surface area contributed by atoms with E-state index < -0.39 is 0 Å². The minimum atomic E-state index is 0.0559. The molecular weight excluding hydrogens is 394 g/mol. The topological polar surface area (TPSA) is 65.9 Å². The first-order valence-electron chi connectivity index (χ1n) is 8.40. The van der Waals surface area contributed by atoms with Crippen LogP contribution in [-0.4, -0.2) is 23.0 Å². The van der Waals surface area contributed by atoms with Crippen molar-refractivity contribution >= 4 is 40.3 Å². The summed E-state index contributed by atoms with van der Waals surface area (Å²) in [4.78, 5) is 0. The number of methoxy groups -OCH3 is 1. The molecule has 3 N–H and O–H groups in total. The summed E-state index contributed by atoms with van der Waals surface area (Å²) in [5.41, 5.74) is 5.53. The number of hydrazone groups is 1. The molecule has 0 aliphatic rings. The number of anilines is 1. The quantitative estimate of drug-likeness (QED) is 0.320.